The highest BCUT2D eigenvalue weighted by Crippen LogP contribution is 2.42. The Morgan fingerprint density at radius 3 is 2.49 bits per heavy atom. The third-order valence-electron chi connectivity index (χ3n) is 7.71. The summed E-state index contributed by atoms with van der Waals surface area (Å²) in [4.78, 5) is 17.8. The second-order valence-electron chi connectivity index (χ2n) is 11.0. The van der Waals surface area contributed by atoms with Crippen molar-refractivity contribution in [3.05, 3.63) is 143 Å². The van der Waals surface area contributed by atoms with Gasteiger partial charge in [0.15, 0.2) is 11.9 Å². The van der Waals surface area contributed by atoms with Crippen LogP contribution in [0.25, 0.3) is 6.08 Å². The molecule has 9 nitrogen and oxygen atoms in total. The van der Waals surface area contributed by atoms with Crippen molar-refractivity contribution in [1.29, 1.82) is 10.5 Å². The molecule has 2 atom stereocenters. The van der Waals surface area contributed by atoms with Crippen LogP contribution in [-0.2, 0) is 26.4 Å². The minimum atomic E-state index is -1.77. The number of nitriles is 2. The van der Waals surface area contributed by atoms with Gasteiger partial charge in [-0.15, -0.1) is 11.8 Å². The summed E-state index contributed by atoms with van der Waals surface area (Å²) in [6.45, 7) is 5.87. The van der Waals surface area contributed by atoms with Crippen LogP contribution in [0.15, 0.2) is 85.5 Å². The Labute approximate surface area is 285 Å². The Morgan fingerprint density at radius 2 is 1.82 bits per heavy atom. The minimum absolute atomic E-state index is 0.0108. The molecule has 2 heterocycles. The normalized spacial score (nSPS) is 18.1. The van der Waals surface area contributed by atoms with E-state index in [0.29, 0.717) is 17.2 Å². The zero-order valence-electron chi connectivity index (χ0n) is 26.1. The van der Waals surface area contributed by atoms with Crippen LogP contribution < -0.4 is 0 Å². The maximum Gasteiger partial charge on any atom is 0.339 e. The van der Waals surface area contributed by atoms with Crippen LogP contribution in [0, 0.1) is 47.0 Å². The maximum absolute atomic E-state index is 15.7. The monoisotopic (exact) mass is 684 g/mol. The molecule has 13 heteroatoms. The van der Waals surface area contributed by atoms with Gasteiger partial charge in [0.25, 0.3) is 0 Å². The molecular formula is C36H29F3N5O4S. The topological polar surface area (TPSA) is 123 Å². The van der Waals surface area contributed by atoms with Gasteiger partial charge in [0.2, 0.25) is 0 Å². The third kappa shape index (κ3) is 8.45. The number of carbonyl (C=O) groups is 1. The summed E-state index contributed by atoms with van der Waals surface area (Å²) in [5.74, 6) is -3.13. The van der Waals surface area contributed by atoms with Crippen molar-refractivity contribution in [2.24, 2.45) is 0 Å². The Morgan fingerprint density at radius 1 is 1.08 bits per heavy atom. The summed E-state index contributed by atoms with van der Waals surface area (Å²) in [5.41, 5.74) is -0.815. The molecule has 5 rings (SSSR count). The molecule has 1 fully saturated rings. The molecule has 1 aliphatic heterocycles. The summed E-state index contributed by atoms with van der Waals surface area (Å²) in [6.07, 6.45) is 8.44. The minimum Gasteiger partial charge on any atom is -0.447 e. The fraction of sp³-hybridized carbons (Fsp3) is 0.222. The number of hydrogen-bond acceptors (Lipinski definition) is 9. The lowest BCUT2D eigenvalue weighted by Crippen LogP contribution is -2.47. The molecule has 3 aromatic carbocycles. The predicted molar refractivity (Wildman–Crippen MR) is 175 cm³/mol. The Bertz CT molecular complexity index is 1950. The number of rotatable bonds is 11. The van der Waals surface area contributed by atoms with Crippen molar-refractivity contribution in [3.63, 3.8) is 0 Å². The van der Waals surface area contributed by atoms with Gasteiger partial charge in [-0.05, 0) is 61.9 Å². The van der Waals surface area contributed by atoms with Crippen molar-refractivity contribution >= 4 is 23.8 Å². The molecule has 249 valence electrons. The lowest BCUT2D eigenvalue weighted by atomic mass is 9.89. The number of benzene rings is 3. The number of halogens is 3. The van der Waals surface area contributed by atoms with Gasteiger partial charge < -0.3 is 14.2 Å². The van der Waals surface area contributed by atoms with E-state index in [-0.39, 0.29) is 47.3 Å². The van der Waals surface area contributed by atoms with Crippen LogP contribution in [0.3, 0.4) is 0 Å². The van der Waals surface area contributed by atoms with Gasteiger partial charge in [-0.1, -0.05) is 30.4 Å². The molecule has 49 heavy (non-hydrogen) atoms. The van der Waals surface area contributed by atoms with Gasteiger partial charge >= 0.3 is 5.97 Å². The molecule has 0 amide bonds. The van der Waals surface area contributed by atoms with Gasteiger partial charge in [-0.2, -0.15) is 15.6 Å². The van der Waals surface area contributed by atoms with Gasteiger partial charge in [0, 0.05) is 22.4 Å². The van der Waals surface area contributed by atoms with Crippen LogP contribution in [0.5, 0.6) is 0 Å². The molecule has 1 radical (unpaired) electrons. The molecule has 0 spiro atoms. The van der Waals surface area contributed by atoms with E-state index in [2.05, 4.69) is 17.0 Å². The summed E-state index contributed by atoms with van der Waals surface area (Å²) in [7, 11) is 0. The summed E-state index contributed by atoms with van der Waals surface area (Å²) < 4.78 is 63.4. The lowest BCUT2D eigenvalue weighted by molar-refractivity contribution is -0.146. The summed E-state index contributed by atoms with van der Waals surface area (Å²) in [6, 6.07) is 15.4. The van der Waals surface area contributed by atoms with Gasteiger partial charge in [0.1, 0.15) is 30.1 Å². The van der Waals surface area contributed by atoms with E-state index in [1.54, 1.807) is 31.2 Å². The zero-order valence-corrected chi connectivity index (χ0v) is 26.9. The Kier molecular flexibility index (Phi) is 11.3. The number of ether oxygens (including phenoxy) is 3. The van der Waals surface area contributed by atoms with Crippen molar-refractivity contribution in [1.82, 2.24) is 14.8 Å². The zero-order chi connectivity index (χ0) is 35.0. The molecule has 1 aromatic heterocycles. The van der Waals surface area contributed by atoms with Crippen molar-refractivity contribution < 1.29 is 32.2 Å². The highest BCUT2D eigenvalue weighted by Gasteiger charge is 2.47. The number of carbonyl (C=O) groups excluding carboxylic acids is 1. The van der Waals surface area contributed by atoms with Crippen molar-refractivity contribution in [3.8, 4) is 12.1 Å². The van der Waals surface area contributed by atoms with E-state index in [1.165, 1.54) is 65.5 Å². The average Bonchev–Trinajstić information content (AvgIpc) is 3.60. The molecule has 4 aromatic rings. The summed E-state index contributed by atoms with van der Waals surface area (Å²) in [5, 5.41) is 21.5. The fourth-order valence-corrected chi connectivity index (χ4v) is 6.54. The van der Waals surface area contributed by atoms with Crippen LogP contribution in [0.2, 0.25) is 0 Å². The molecule has 0 saturated carbocycles. The molecule has 0 bridgehead atoms. The van der Waals surface area contributed by atoms with Gasteiger partial charge in [0.05, 0.1) is 53.8 Å². The second-order valence-corrected chi connectivity index (χ2v) is 12.7. The van der Waals surface area contributed by atoms with Gasteiger partial charge in [-0.25, -0.2) is 27.6 Å². The van der Waals surface area contributed by atoms with Crippen molar-refractivity contribution in [2.75, 3.05) is 13.2 Å². The van der Waals surface area contributed by atoms with Crippen LogP contribution in [0.1, 0.15) is 45.1 Å². The Hall–Kier alpha value is -5.21. The largest absolute Gasteiger partial charge is 0.447 e. The number of allylic oxidation sites excluding steroid dienone is 2. The first-order valence-electron chi connectivity index (χ1n) is 14.9. The molecule has 0 N–H and O–H groups in total. The first-order valence-corrected chi connectivity index (χ1v) is 15.9. The van der Waals surface area contributed by atoms with E-state index < -0.39 is 40.6 Å². The molecule has 1 aliphatic rings. The fourth-order valence-electron chi connectivity index (χ4n) is 5.18. The lowest BCUT2D eigenvalue weighted by Gasteiger charge is -2.40. The van der Waals surface area contributed by atoms with Crippen LogP contribution in [-0.4, -0.2) is 50.7 Å². The standard InChI is InChI=1S/C36H29F3N5O4S/c1-23-7-8-25(16-40)13-30(23)35(45)48-36(20-44-22-42-21-43-44,31-12-11-28(37)15-33(31)39)24(2)49-29-18-46-34(47-19-29)6-4-3-5-27-10-9-26(17-41)14-32(27)38/h3-15,21-22,24,29,34H,1,18-20H2,2H3/b5-3+,6-4+/t24-,29-,34-,36-/m1/s1. The molecule has 0 aliphatic carbocycles. The number of hydrogen-bond donors (Lipinski definition) is 0. The number of aromatic nitrogens is 3. The molecular weight excluding hydrogens is 655 g/mol. The van der Waals surface area contributed by atoms with Crippen molar-refractivity contribution in [2.45, 2.75) is 35.9 Å². The second kappa shape index (κ2) is 15.8. The average molecular weight is 685 g/mol. The third-order valence-corrected chi connectivity index (χ3v) is 9.16. The number of thioether (sulfide) groups is 1. The van der Waals surface area contributed by atoms with E-state index in [9.17, 15) is 18.8 Å². The van der Waals surface area contributed by atoms with Crippen LogP contribution >= 0.6 is 11.8 Å². The number of nitrogens with zero attached hydrogens (tertiary/aromatic N) is 5. The first-order chi connectivity index (χ1) is 23.6. The highest BCUT2D eigenvalue weighted by atomic mass is 32.2. The quantitative estimate of drug-likeness (QED) is 0.129. The number of esters is 1. The molecule has 0 unspecified atom stereocenters. The molecule has 1 saturated heterocycles. The van der Waals surface area contributed by atoms with E-state index >= 15 is 4.39 Å². The summed E-state index contributed by atoms with van der Waals surface area (Å²) >= 11 is 1.32. The Balaban J connectivity index is 1.36. The SMILES string of the molecule is [CH2]c1ccc(C#N)cc1C(=O)O[C@@](Cn1cncn1)(c1ccc(F)cc1F)[C@@H](C)S[C@H]1CO[C@H](/C=C/C=C/c2ccc(C#N)cc2F)OC1. The highest BCUT2D eigenvalue weighted by molar-refractivity contribution is 8.00. The van der Waals surface area contributed by atoms with E-state index in [1.807, 2.05) is 12.1 Å². The maximum atomic E-state index is 15.7. The predicted octanol–water partition coefficient (Wildman–Crippen LogP) is 6.51. The first kappa shape index (κ1) is 35.1. The van der Waals surface area contributed by atoms with E-state index in [0.717, 1.165) is 12.1 Å². The van der Waals surface area contributed by atoms with E-state index in [4.69, 9.17) is 19.5 Å². The van der Waals surface area contributed by atoms with Crippen LogP contribution in [0.4, 0.5) is 13.2 Å². The van der Waals surface area contributed by atoms with Gasteiger partial charge in [-0.3, -0.25) is 0 Å². The smallest absolute Gasteiger partial charge is 0.339 e.